The maximum atomic E-state index is 12.2. The van der Waals surface area contributed by atoms with Gasteiger partial charge in [0.05, 0.1) is 16.3 Å². The first kappa shape index (κ1) is 18.9. The van der Waals surface area contributed by atoms with Gasteiger partial charge in [-0.05, 0) is 55.0 Å². The molecule has 1 saturated carbocycles. The summed E-state index contributed by atoms with van der Waals surface area (Å²) >= 11 is 11.9. The minimum absolute atomic E-state index is 0.305. The minimum atomic E-state index is -0.357. The number of rotatable bonds is 4. The molecule has 0 aliphatic heterocycles. The first-order chi connectivity index (χ1) is 12.5. The Morgan fingerprint density at radius 1 is 1.04 bits per heavy atom. The predicted molar refractivity (Wildman–Crippen MR) is 108 cm³/mol. The summed E-state index contributed by atoms with van der Waals surface area (Å²) in [4.78, 5) is 12.2. The van der Waals surface area contributed by atoms with E-state index in [0.29, 0.717) is 21.5 Å². The number of benzene rings is 2. The van der Waals surface area contributed by atoms with Gasteiger partial charge in [-0.25, -0.2) is 5.43 Å². The molecule has 0 atom stereocenters. The Morgan fingerprint density at radius 3 is 2.38 bits per heavy atom. The molecule has 0 saturated heterocycles. The highest BCUT2D eigenvalue weighted by molar-refractivity contribution is 6.36. The summed E-state index contributed by atoms with van der Waals surface area (Å²) in [6, 6.07) is 13.3. The topological polar surface area (TPSA) is 41.5 Å². The van der Waals surface area contributed by atoms with Gasteiger partial charge in [0.2, 0.25) is 0 Å². The standard InChI is InChI=1S/C21H22Cl2N2O/c1-14(24-25-21(26)19-12-11-18(22)13-20(19)23)15-7-9-17(10-8-15)16-5-3-2-4-6-16/h7-13,16H,2-6H2,1H3,(H,25,26)/b24-14+. The van der Waals surface area contributed by atoms with Gasteiger partial charge in [-0.15, -0.1) is 0 Å². The molecule has 0 heterocycles. The molecule has 0 bridgehead atoms. The highest BCUT2D eigenvalue weighted by Crippen LogP contribution is 2.32. The van der Waals surface area contributed by atoms with Crippen molar-refractivity contribution in [1.29, 1.82) is 0 Å². The molecule has 0 aromatic heterocycles. The number of amides is 1. The van der Waals surface area contributed by atoms with Gasteiger partial charge in [0.25, 0.3) is 5.91 Å². The molecule has 136 valence electrons. The van der Waals surface area contributed by atoms with Crippen LogP contribution in [-0.4, -0.2) is 11.6 Å². The second kappa shape index (κ2) is 8.70. The van der Waals surface area contributed by atoms with E-state index < -0.39 is 0 Å². The van der Waals surface area contributed by atoms with E-state index in [2.05, 4.69) is 34.8 Å². The zero-order chi connectivity index (χ0) is 18.5. The van der Waals surface area contributed by atoms with Crippen molar-refractivity contribution in [2.24, 2.45) is 5.10 Å². The molecule has 1 amide bonds. The molecular formula is C21H22Cl2N2O. The number of hydrazone groups is 1. The third kappa shape index (κ3) is 4.66. The molecule has 2 aromatic rings. The molecule has 0 unspecified atom stereocenters. The Hall–Kier alpha value is -1.84. The van der Waals surface area contributed by atoms with Crippen molar-refractivity contribution in [3.63, 3.8) is 0 Å². The lowest BCUT2D eigenvalue weighted by Gasteiger charge is -2.22. The van der Waals surface area contributed by atoms with Crippen molar-refractivity contribution in [2.75, 3.05) is 0 Å². The molecule has 3 rings (SSSR count). The summed E-state index contributed by atoms with van der Waals surface area (Å²) < 4.78 is 0. The predicted octanol–water partition coefficient (Wildman–Crippen LogP) is 6.20. The minimum Gasteiger partial charge on any atom is -0.267 e. The molecule has 1 aliphatic carbocycles. The number of hydrogen-bond donors (Lipinski definition) is 1. The van der Waals surface area contributed by atoms with Gasteiger partial charge in [0, 0.05) is 5.02 Å². The molecule has 1 fully saturated rings. The van der Waals surface area contributed by atoms with Crippen molar-refractivity contribution >= 4 is 34.8 Å². The van der Waals surface area contributed by atoms with Crippen molar-refractivity contribution in [3.8, 4) is 0 Å². The summed E-state index contributed by atoms with van der Waals surface area (Å²) in [5.41, 5.74) is 6.05. The van der Waals surface area contributed by atoms with Gasteiger partial charge in [0.15, 0.2) is 0 Å². The van der Waals surface area contributed by atoms with Crippen LogP contribution >= 0.6 is 23.2 Å². The van der Waals surface area contributed by atoms with Crippen LogP contribution in [0.25, 0.3) is 0 Å². The summed E-state index contributed by atoms with van der Waals surface area (Å²) in [6.45, 7) is 1.87. The van der Waals surface area contributed by atoms with Gasteiger partial charge in [-0.3, -0.25) is 4.79 Å². The number of carbonyl (C=O) groups is 1. The fourth-order valence-corrected chi connectivity index (χ4v) is 3.86. The van der Waals surface area contributed by atoms with Crippen LogP contribution in [0, 0.1) is 0 Å². The lowest BCUT2D eigenvalue weighted by Crippen LogP contribution is -2.19. The molecule has 3 nitrogen and oxygen atoms in total. The lowest BCUT2D eigenvalue weighted by molar-refractivity contribution is 0.0955. The van der Waals surface area contributed by atoms with Gasteiger partial charge >= 0.3 is 0 Å². The number of halogens is 2. The highest BCUT2D eigenvalue weighted by Gasteiger charge is 2.15. The zero-order valence-corrected chi connectivity index (χ0v) is 16.3. The van der Waals surface area contributed by atoms with Gasteiger partial charge in [-0.2, -0.15) is 5.10 Å². The van der Waals surface area contributed by atoms with Crippen LogP contribution in [0.4, 0.5) is 0 Å². The van der Waals surface area contributed by atoms with E-state index in [4.69, 9.17) is 23.2 Å². The number of carbonyl (C=O) groups excluding carboxylic acids is 1. The summed E-state index contributed by atoms with van der Waals surface area (Å²) in [6.07, 6.45) is 6.57. The van der Waals surface area contributed by atoms with E-state index in [1.165, 1.54) is 37.7 Å². The smallest absolute Gasteiger partial charge is 0.267 e. The normalized spacial score (nSPS) is 15.7. The number of nitrogens with zero attached hydrogens (tertiary/aromatic N) is 1. The monoisotopic (exact) mass is 388 g/mol. The molecule has 26 heavy (non-hydrogen) atoms. The molecule has 1 N–H and O–H groups in total. The van der Waals surface area contributed by atoms with Crippen molar-refractivity contribution in [3.05, 3.63) is 69.2 Å². The third-order valence-corrected chi connectivity index (χ3v) is 5.45. The molecule has 0 spiro atoms. The van der Waals surface area contributed by atoms with E-state index >= 15 is 0 Å². The maximum Gasteiger partial charge on any atom is 0.272 e. The number of nitrogens with one attached hydrogen (secondary N) is 1. The average Bonchev–Trinajstić information content (AvgIpc) is 2.66. The van der Waals surface area contributed by atoms with E-state index in [1.807, 2.05) is 6.92 Å². The molecule has 2 aromatic carbocycles. The van der Waals surface area contributed by atoms with Crippen molar-refractivity contribution < 1.29 is 4.79 Å². The van der Waals surface area contributed by atoms with Crippen LogP contribution < -0.4 is 5.43 Å². The second-order valence-corrected chi connectivity index (χ2v) is 7.56. The average molecular weight is 389 g/mol. The quantitative estimate of drug-likeness (QED) is 0.491. The van der Waals surface area contributed by atoms with Crippen LogP contribution in [0.1, 0.15) is 66.4 Å². The van der Waals surface area contributed by atoms with Gasteiger partial charge in [-0.1, -0.05) is 66.7 Å². The first-order valence-electron chi connectivity index (χ1n) is 8.94. The van der Waals surface area contributed by atoms with Crippen LogP contribution in [0.5, 0.6) is 0 Å². The van der Waals surface area contributed by atoms with Crippen LogP contribution in [0.15, 0.2) is 47.6 Å². The van der Waals surface area contributed by atoms with E-state index in [-0.39, 0.29) is 5.91 Å². The van der Waals surface area contributed by atoms with Crippen molar-refractivity contribution in [1.82, 2.24) is 5.43 Å². The van der Waals surface area contributed by atoms with E-state index in [1.54, 1.807) is 18.2 Å². The lowest BCUT2D eigenvalue weighted by atomic mass is 9.84. The van der Waals surface area contributed by atoms with Crippen LogP contribution in [0.3, 0.4) is 0 Å². The van der Waals surface area contributed by atoms with E-state index in [9.17, 15) is 4.79 Å². The molecule has 0 radical (unpaired) electrons. The Balaban J connectivity index is 1.66. The molecule has 1 aliphatic rings. The fourth-order valence-electron chi connectivity index (χ4n) is 3.37. The van der Waals surface area contributed by atoms with Crippen LogP contribution in [0.2, 0.25) is 10.0 Å². The first-order valence-corrected chi connectivity index (χ1v) is 9.70. The SMILES string of the molecule is C/C(=N\NC(=O)c1ccc(Cl)cc1Cl)c1ccc(C2CCCCC2)cc1. The maximum absolute atomic E-state index is 12.2. The number of hydrogen-bond acceptors (Lipinski definition) is 2. The summed E-state index contributed by atoms with van der Waals surface area (Å²) in [5.74, 6) is 0.326. The van der Waals surface area contributed by atoms with Crippen molar-refractivity contribution in [2.45, 2.75) is 44.9 Å². The van der Waals surface area contributed by atoms with Crippen LogP contribution in [-0.2, 0) is 0 Å². The van der Waals surface area contributed by atoms with Gasteiger partial charge < -0.3 is 0 Å². The van der Waals surface area contributed by atoms with E-state index in [0.717, 1.165) is 11.3 Å². The van der Waals surface area contributed by atoms with Gasteiger partial charge in [0.1, 0.15) is 0 Å². The Bertz CT molecular complexity index is 809. The Morgan fingerprint density at radius 2 is 1.73 bits per heavy atom. The zero-order valence-electron chi connectivity index (χ0n) is 14.8. The Labute approximate surface area is 164 Å². The molecular weight excluding hydrogens is 367 g/mol. The molecule has 5 heteroatoms. The highest BCUT2D eigenvalue weighted by atomic mass is 35.5. The Kier molecular flexibility index (Phi) is 6.33. The largest absolute Gasteiger partial charge is 0.272 e. The fraction of sp³-hybridized carbons (Fsp3) is 0.333. The second-order valence-electron chi connectivity index (χ2n) is 6.72. The summed E-state index contributed by atoms with van der Waals surface area (Å²) in [5, 5.41) is 5.00. The summed E-state index contributed by atoms with van der Waals surface area (Å²) in [7, 11) is 0. The third-order valence-electron chi connectivity index (χ3n) is 4.91.